The summed E-state index contributed by atoms with van der Waals surface area (Å²) in [6.07, 6.45) is 2.11. The third-order valence-electron chi connectivity index (χ3n) is 2.08. The van der Waals surface area contributed by atoms with Crippen molar-refractivity contribution >= 4 is 39.0 Å². The molecule has 0 bridgehead atoms. The number of nitrogens with zero attached hydrogens (tertiary/aromatic N) is 2. The standard InChI is InChI=1S/C11H12ClN3S/c1-7(2)3-5-13-9-8-4-6-16-10(8)15-11(12)14-9/h3-4,6H,5H2,1-2H3,(H,13,14,15). The van der Waals surface area contributed by atoms with Gasteiger partial charge in [0, 0.05) is 6.54 Å². The highest BCUT2D eigenvalue weighted by Gasteiger charge is 2.06. The van der Waals surface area contributed by atoms with Crippen LogP contribution in [0, 0.1) is 0 Å². The predicted octanol–water partition coefficient (Wildman–Crippen LogP) is 3.72. The van der Waals surface area contributed by atoms with E-state index in [1.54, 1.807) is 11.3 Å². The maximum atomic E-state index is 5.85. The van der Waals surface area contributed by atoms with Gasteiger partial charge in [0.1, 0.15) is 10.6 Å². The van der Waals surface area contributed by atoms with Gasteiger partial charge in [-0.25, -0.2) is 9.97 Å². The Hall–Kier alpha value is -1.13. The van der Waals surface area contributed by atoms with E-state index >= 15 is 0 Å². The molecule has 0 unspecified atom stereocenters. The van der Waals surface area contributed by atoms with E-state index in [9.17, 15) is 0 Å². The van der Waals surface area contributed by atoms with Crippen LogP contribution in [0.25, 0.3) is 10.2 Å². The average molecular weight is 254 g/mol. The molecule has 1 N–H and O–H groups in total. The van der Waals surface area contributed by atoms with Gasteiger partial charge < -0.3 is 5.32 Å². The largest absolute Gasteiger partial charge is 0.366 e. The molecule has 0 amide bonds. The van der Waals surface area contributed by atoms with Crippen molar-refractivity contribution in [1.29, 1.82) is 0 Å². The van der Waals surface area contributed by atoms with Crippen LogP contribution in [0.15, 0.2) is 23.1 Å². The highest BCUT2D eigenvalue weighted by molar-refractivity contribution is 7.16. The normalized spacial score (nSPS) is 10.4. The first kappa shape index (κ1) is 11.4. The second-order valence-corrected chi connectivity index (χ2v) is 4.88. The quantitative estimate of drug-likeness (QED) is 0.669. The van der Waals surface area contributed by atoms with Gasteiger partial charge in [0.25, 0.3) is 0 Å². The van der Waals surface area contributed by atoms with Crippen molar-refractivity contribution in [1.82, 2.24) is 9.97 Å². The molecule has 0 atom stereocenters. The van der Waals surface area contributed by atoms with Crippen LogP contribution in [0.2, 0.25) is 5.28 Å². The lowest BCUT2D eigenvalue weighted by Crippen LogP contribution is -2.02. The molecular formula is C11H12ClN3S. The van der Waals surface area contributed by atoms with Gasteiger partial charge in [-0.3, -0.25) is 0 Å². The predicted molar refractivity (Wildman–Crippen MR) is 70.3 cm³/mol. The van der Waals surface area contributed by atoms with Crippen molar-refractivity contribution in [3.8, 4) is 0 Å². The number of hydrogen-bond donors (Lipinski definition) is 1. The van der Waals surface area contributed by atoms with Gasteiger partial charge in [-0.15, -0.1) is 11.3 Å². The molecule has 2 rings (SSSR count). The molecule has 5 heteroatoms. The van der Waals surface area contributed by atoms with Crippen LogP contribution in [-0.2, 0) is 0 Å². The summed E-state index contributed by atoms with van der Waals surface area (Å²) >= 11 is 7.42. The molecule has 0 spiro atoms. The summed E-state index contributed by atoms with van der Waals surface area (Å²) < 4.78 is 0. The fourth-order valence-electron chi connectivity index (χ4n) is 1.32. The van der Waals surface area contributed by atoms with Crippen molar-refractivity contribution in [2.45, 2.75) is 13.8 Å². The third kappa shape index (κ3) is 2.51. The van der Waals surface area contributed by atoms with Gasteiger partial charge in [-0.1, -0.05) is 11.6 Å². The molecule has 0 fully saturated rings. The summed E-state index contributed by atoms with van der Waals surface area (Å²) in [5.74, 6) is 0.800. The number of nitrogens with one attached hydrogen (secondary N) is 1. The Labute approximate surface area is 103 Å². The zero-order valence-electron chi connectivity index (χ0n) is 9.12. The van der Waals surface area contributed by atoms with Crippen molar-refractivity contribution in [3.63, 3.8) is 0 Å². The van der Waals surface area contributed by atoms with Gasteiger partial charge in [0.2, 0.25) is 5.28 Å². The number of anilines is 1. The lowest BCUT2D eigenvalue weighted by molar-refractivity contribution is 1.18. The molecular weight excluding hydrogens is 242 g/mol. The zero-order valence-corrected chi connectivity index (χ0v) is 10.7. The van der Waals surface area contributed by atoms with Crippen molar-refractivity contribution in [3.05, 3.63) is 28.4 Å². The fourth-order valence-corrected chi connectivity index (χ4v) is 2.30. The molecule has 0 aromatic carbocycles. The van der Waals surface area contributed by atoms with Crippen molar-refractivity contribution in [2.24, 2.45) is 0 Å². The Kier molecular flexibility index (Phi) is 3.41. The highest BCUT2D eigenvalue weighted by Crippen LogP contribution is 2.26. The summed E-state index contributed by atoms with van der Waals surface area (Å²) in [6, 6.07) is 2.00. The Morgan fingerprint density at radius 1 is 1.50 bits per heavy atom. The monoisotopic (exact) mass is 253 g/mol. The van der Waals surface area contributed by atoms with E-state index in [1.807, 2.05) is 11.4 Å². The average Bonchev–Trinajstić information content (AvgIpc) is 2.64. The zero-order chi connectivity index (χ0) is 11.5. The van der Waals surface area contributed by atoms with Crippen molar-refractivity contribution in [2.75, 3.05) is 11.9 Å². The van der Waals surface area contributed by atoms with Crippen LogP contribution in [0.5, 0.6) is 0 Å². The van der Waals surface area contributed by atoms with E-state index in [-0.39, 0.29) is 5.28 Å². The molecule has 0 aliphatic carbocycles. The maximum absolute atomic E-state index is 5.85. The topological polar surface area (TPSA) is 37.8 Å². The maximum Gasteiger partial charge on any atom is 0.225 e. The lowest BCUT2D eigenvalue weighted by atomic mass is 10.3. The summed E-state index contributed by atoms with van der Waals surface area (Å²) in [4.78, 5) is 9.26. The Bertz CT molecular complexity index is 529. The minimum Gasteiger partial charge on any atom is -0.366 e. The molecule has 0 saturated heterocycles. The first-order chi connectivity index (χ1) is 7.66. The van der Waals surface area contributed by atoms with Gasteiger partial charge >= 0.3 is 0 Å². The molecule has 2 heterocycles. The second kappa shape index (κ2) is 4.80. The van der Waals surface area contributed by atoms with Crippen LogP contribution in [0.3, 0.4) is 0 Å². The number of rotatable bonds is 3. The van der Waals surface area contributed by atoms with Crippen LogP contribution >= 0.6 is 22.9 Å². The highest BCUT2D eigenvalue weighted by atomic mass is 35.5. The van der Waals surface area contributed by atoms with Crippen LogP contribution < -0.4 is 5.32 Å². The molecule has 84 valence electrons. The molecule has 3 nitrogen and oxygen atoms in total. The Morgan fingerprint density at radius 2 is 2.31 bits per heavy atom. The van der Waals surface area contributed by atoms with Gasteiger partial charge in [0.15, 0.2) is 0 Å². The molecule has 0 aliphatic heterocycles. The molecule has 0 aliphatic rings. The number of halogens is 1. The van der Waals surface area contributed by atoms with Gasteiger partial charge in [0.05, 0.1) is 5.39 Å². The molecule has 0 saturated carbocycles. The first-order valence-corrected chi connectivity index (χ1v) is 6.20. The number of allylic oxidation sites excluding steroid dienone is 1. The fraction of sp³-hybridized carbons (Fsp3) is 0.273. The molecule has 16 heavy (non-hydrogen) atoms. The van der Waals surface area contributed by atoms with Gasteiger partial charge in [-0.05, 0) is 36.9 Å². The SMILES string of the molecule is CC(C)=CCNc1nc(Cl)nc2sccc12. The Morgan fingerprint density at radius 3 is 3.06 bits per heavy atom. The van der Waals surface area contributed by atoms with E-state index in [2.05, 4.69) is 35.2 Å². The number of thiophene rings is 1. The first-order valence-electron chi connectivity index (χ1n) is 4.95. The summed E-state index contributed by atoms with van der Waals surface area (Å²) in [7, 11) is 0. The Balaban J connectivity index is 2.28. The van der Waals surface area contributed by atoms with E-state index in [0.29, 0.717) is 0 Å². The number of fused-ring (bicyclic) bond motifs is 1. The third-order valence-corrected chi connectivity index (χ3v) is 3.05. The smallest absolute Gasteiger partial charge is 0.225 e. The van der Waals surface area contributed by atoms with Crippen LogP contribution in [0.1, 0.15) is 13.8 Å². The van der Waals surface area contributed by atoms with E-state index < -0.39 is 0 Å². The van der Waals surface area contributed by atoms with Crippen molar-refractivity contribution < 1.29 is 0 Å². The number of aromatic nitrogens is 2. The summed E-state index contributed by atoms with van der Waals surface area (Å²) in [6.45, 7) is 4.88. The van der Waals surface area contributed by atoms with Gasteiger partial charge in [-0.2, -0.15) is 0 Å². The molecule has 2 aromatic heterocycles. The van der Waals surface area contributed by atoms with Crippen LogP contribution in [0.4, 0.5) is 5.82 Å². The lowest BCUT2D eigenvalue weighted by Gasteiger charge is -2.04. The van der Waals surface area contributed by atoms with E-state index in [4.69, 9.17) is 11.6 Å². The summed E-state index contributed by atoms with van der Waals surface area (Å²) in [5.41, 5.74) is 1.27. The number of hydrogen-bond acceptors (Lipinski definition) is 4. The molecule has 2 aromatic rings. The minimum absolute atomic E-state index is 0.287. The molecule has 0 radical (unpaired) electrons. The minimum atomic E-state index is 0.287. The van der Waals surface area contributed by atoms with Crippen LogP contribution in [-0.4, -0.2) is 16.5 Å². The summed E-state index contributed by atoms with van der Waals surface area (Å²) in [5, 5.41) is 6.54. The van der Waals surface area contributed by atoms with E-state index in [0.717, 1.165) is 22.6 Å². The van der Waals surface area contributed by atoms with E-state index in [1.165, 1.54) is 5.57 Å². The second-order valence-electron chi connectivity index (χ2n) is 3.64.